The predicted molar refractivity (Wildman–Crippen MR) is 90.6 cm³/mol. The summed E-state index contributed by atoms with van der Waals surface area (Å²) in [5.74, 6) is -0.221. The van der Waals surface area contributed by atoms with Crippen LogP contribution in [-0.4, -0.2) is 23.2 Å². The lowest BCUT2D eigenvalue weighted by Crippen LogP contribution is -2.36. The highest BCUT2D eigenvalue weighted by Crippen LogP contribution is 2.38. The van der Waals surface area contributed by atoms with Gasteiger partial charge in [0.2, 0.25) is 0 Å². The molecule has 0 aliphatic heterocycles. The largest absolute Gasteiger partial charge is 0.396 e. The molecular formula is C19H25FN2O. The molecule has 1 fully saturated rings. The second-order valence-corrected chi connectivity index (χ2v) is 6.74. The van der Waals surface area contributed by atoms with E-state index in [-0.39, 0.29) is 17.8 Å². The van der Waals surface area contributed by atoms with Gasteiger partial charge in [-0.1, -0.05) is 25.3 Å². The van der Waals surface area contributed by atoms with E-state index in [1.54, 1.807) is 18.3 Å². The fraction of sp³-hybridized carbons (Fsp3) is 0.526. The molecule has 1 heterocycles. The summed E-state index contributed by atoms with van der Waals surface area (Å²) in [7, 11) is 0. The Bertz CT molecular complexity index is 647. The first-order chi connectivity index (χ1) is 11.2. The summed E-state index contributed by atoms with van der Waals surface area (Å²) in [6.07, 6.45) is 8.75. The van der Waals surface area contributed by atoms with Gasteiger partial charge in [0, 0.05) is 31.3 Å². The van der Waals surface area contributed by atoms with Crippen LogP contribution in [0.2, 0.25) is 0 Å². The first kappa shape index (κ1) is 16.3. The van der Waals surface area contributed by atoms with Gasteiger partial charge < -0.3 is 10.4 Å². The van der Waals surface area contributed by atoms with Crippen LogP contribution in [0, 0.1) is 11.2 Å². The minimum atomic E-state index is -0.221. The monoisotopic (exact) mass is 316 g/mol. The van der Waals surface area contributed by atoms with Gasteiger partial charge in [-0.3, -0.25) is 4.98 Å². The van der Waals surface area contributed by atoms with E-state index < -0.39 is 0 Å². The molecule has 1 aromatic carbocycles. The zero-order valence-corrected chi connectivity index (χ0v) is 13.5. The van der Waals surface area contributed by atoms with Crippen molar-refractivity contribution in [1.29, 1.82) is 0 Å². The zero-order valence-electron chi connectivity index (χ0n) is 13.5. The molecule has 3 rings (SSSR count). The van der Waals surface area contributed by atoms with Gasteiger partial charge in [0.15, 0.2) is 0 Å². The van der Waals surface area contributed by atoms with E-state index in [2.05, 4.69) is 10.3 Å². The summed E-state index contributed by atoms with van der Waals surface area (Å²) in [6.45, 7) is 1.84. The number of halogens is 1. The highest BCUT2D eigenvalue weighted by atomic mass is 19.1. The number of aromatic nitrogens is 1. The van der Waals surface area contributed by atoms with Crippen LogP contribution in [0.4, 0.5) is 4.39 Å². The number of hydrogen-bond acceptors (Lipinski definition) is 3. The van der Waals surface area contributed by atoms with E-state index in [1.165, 1.54) is 38.2 Å². The van der Waals surface area contributed by atoms with Crippen LogP contribution in [0.5, 0.6) is 0 Å². The molecule has 124 valence electrons. The quantitative estimate of drug-likeness (QED) is 0.852. The van der Waals surface area contributed by atoms with Crippen molar-refractivity contribution in [3.8, 4) is 0 Å². The van der Waals surface area contributed by atoms with Gasteiger partial charge in [-0.15, -0.1) is 0 Å². The number of nitrogens with one attached hydrogen (secondary N) is 1. The summed E-state index contributed by atoms with van der Waals surface area (Å²) in [5, 5.41) is 13.5. The van der Waals surface area contributed by atoms with Crippen molar-refractivity contribution in [2.75, 3.05) is 13.2 Å². The highest BCUT2D eigenvalue weighted by Gasteiger charge is 2.30. The summed E-state index contributed by atoms with van der Waals surface area (Å²) >= 11 is 0. The first-order valence-corrected chi connectivity index (χ1v) is 8.58. The minimum Gasteiger partial charge on any atom is -0.396 e. The van der Waals surface area contributed by atoms with E-state index in [0.29, 0.717) is 11.9 Å². The third-order valence-corrected chi connectivity index (χ3v) is 5.17. The van der Waals surface area contributed by atoms with Crippen molar-refractivity contribution in [2.24, 2.45) is 5.41 Å². The molecular weight excluding hydrogens is 291 g/mol. The van der Waals surface area contributed by atoms with Gasteiger partial charge in [-0.25, -0.2) is 4.39 Å². The number of fused-ring (bicyclic) bond motifs is 1. The van der Waals surface area contributed by atoms with Crippen molar-refractivity contribution in [3.05, 3.63) is 41.8 Å². The summed E-state index contributed by atoms with van der Waals surface area (Å²) in [6, 6.07) is 6.87. The first-order valence-electron chi connectivity index (χ1n) is 8.58. The predicted octanol–water partition coefficient (Wildman–Crippen LogP) is 3.80. The molecule has 1 aromatic heterocycles. The average Bonchev–Trinajstić information content (AvgIpc) is 2.58. The van der Waals surface area contributed by atoms with Crippen LogP contribution in [0.25, 0.3) is 10.9 Å². The number of rotatable bonds is 6. The Morgan fingerprint density at radius 3 is 2.78 bits per heavy atom. The van der Waals surface area contributed by atoms with Crippen LogP contribution < -0.4 is 5.32 Å². The maximum absolute atomic E-state index is 13.9. The Morgan fingerprint density at radius 1 is 1.17 bits per heavy atom. The summed E-state index contributed by atoms with van der Waals surface area (Å²) in [4.78, 5) is 4.34. The van der Waals surface area contributed by atoms with Crippen LogP contribution in [0.3, 0.4) is 0 Å². The smallest absolute Gasteiger partial charge is 0.132 e. The van der Waals surface area contributed by atoms with E-state index in [0.717, 1.165) is 24.0 Å². The molecule has 0 saturated heterocycles. The lowest BCUT2D eigenvalue weighted by atomic mass is 9.72. The second kappa shape index (κ2) is 7.37. The van der Waals surface area contributed by atoms with E-state index in [9.17, 15) is 9.50 Å². The number of benzene rings is 1. The Kier molecular flexibility index (Phi) is 5.23. The molecule has 0 spiro atoms. The lowest BCUT2D eigenvalue weighted by Gasteiger charge is -2.37. The molecule has 2 N–H and O–H groups in total. The van der Waals surface area contributed by atoms with Crippen molar-refractivity contribution in [2.45, 2.75) is 45.1 Å². The number of hydrogen-bond donors (Lipinski definition) is 2. The topological polar surface area (TPSA) is 45.1 Å². The normalized spacial score (nSPS) is 17.5. The van der Waals surface area contributed by atoms with Crippen molar-refractivity contribution >= 4 is 10.9 Å². The molecule has 0 amide bonds. The minimum absolute atomic E-state index is 0.219. The van der Waals surface area contributed by atoms with Crippen LogP contribution >= 0.6 is 0 Å². The summed E-state index contributed by atoms with van der Waals surface area (Å²) in [5.41, 5.74) is 1.98. The van der Waals surface area contributed by atoms with Crippen LogP contribution in [-0.2, 0) is 6.54 Å². The third kappa shape index (κ3) is 3.70. The fourth-order valence-electron chi connectivity index (χ4n) is 3.86. The molecule has 1 aliphatic carbocycles. The fourth-order valence-corrected chi connectivity index (χ4v) is 3.86. The maximum atomic E-state index is 13.9. The molecule has 2 aromatic rings. The SMILES string of the molecule is OCCC1(CNCc2ccc(F)c3cccnc23)CCCCC1. The molecule has 1 saturated carbocycles. The van der Waals surface area contributed by atoms with E-state index in [1.807, 2.05) is 6.07 Å². The molecule has 0 unspecified atom stereocenters. The van der Waals surface area contributed by atoms with Crippen molar-refractivity contribution < 1.29 is 9.50 Å². The lowest BCUT2D eigenvalue weighted by molar-refractivity contribution is 0.126. The summed E-state index contributed by atoms with van der Waals surface area (Å²) < 4.78 is 13.9. The number of pyridine rings is 1. The molecule has 0 bridgehead atoms. The maximum Gasteiger partial charge on any atom is 0.132 e. The molecule has 0 atom stereocenters. The van der Waals surface area contributed by atoms with Gasteiger partial charge in [-0.2, -0.15) is 0 Å². The van der Waals surface area contributed by atoms with Gasteiger partial charge in [0.05, 0.1) is 5.52 Å². The molecule has 0 radical (unpaired) electrons. The van der Waals surface area contributed by atoms with Gasteiger partial charge in [0.25, 0.3) is 0 Å². The second-order valence-electron chi connectivity index (χ2n) is 6.74. The Morgan fingerprint density at radius 2 is 2.00 bits per heavy atom. The Balaban J connectivity index is 1.69. The van der Waals surface area contributed by atoms with Crippen molar-refractivity contribution in [1.82, 2.24) is 10.3 Å². The van der Waals surface area contributed by atoms with E-state index >= 15 is 0 Å². The van der Waals surface area contributed by atoms with Crippen LogP contribution in [0.15, 0.2) is 30.5 Å². The van der Waals surface area contributed by atoms with Gasteiger partial charge >= 0.3 is 0 Å². The highest BCUT2D eigenvalue weighted by molar-refractivity contribution is 5.82. The van der Waals surface area contributed by atoms with Crippen LogP contribution in [0.1, 0.15) is 44.1 Å². The molecule has 1 aliphatic rings. The molecule has 4 heteroatoms. The average molecular weight is 316 g/mol. The Labute approximate surface area is 136 Å². The standard InChI is InChI=1S/C19H25FN2O/c20-17-7-6-15(18-16(17)5-4-11-22-18)13-21-14-19(10-12-23)8-2-1-3-9-19/h4-7,11,21,23H,1-3,8-10,12-14H2. The van der Waals surface area contributed by atoms with Crippen molar-refractivity contribution in [3.63, 3.8) is 0 Å². The van der Waals surface area contributed by atoms with Gasteiger partial charge in [0.1, 0.15) is 5.82 Å². The van der Waals surface area contributed by atoms with E-state index in [4.69, 9.17) is 0 Å². The van der Waals surface area contributed by atoms with Gasteiger partial charge in [-0.05, 0) is 48.4 Å². The number of nitrogens with zero attached hydrogens (tertiary/aromatic N) is 1. The molecule has 3 nitrogen and oxygen atoms in total. The number of aliphatic hydroxyl groups is 1. The Hall–Kier alpha value is -1.52. The zero-order chi connectivity index (χ0) is 16.1. The molecule has 23 heavy (non-hydrogen) atoms. The third-order valence-electron chi connectivity index (χ3n) is 5.17. The number of aliphatic hydroxyl groups excluding tert-OH is 1.